The zero-order valence-electron chi connectivity index (χ0n) is 11.3. The third-order valence-corrected chi connectivity index (χ3v) is 4.01. The molecule has 0 fully saturated rings. The average Bonchev–Trinajstić information content (AvgIpc) is 2.39. The van der Waals surface area contributed by atoms with E-state index in [-0.39, 0.29) is 0 Å². The summed E-state index contributed by atoms with van der Waals surface area (Å²) >= 11 is 1.54. The van der Waals surface area contributed by atoms with Crippen LogP contribution in [0.5, 0.6) is 0 Å². The molecule has 2 nitrogen and oxygen atoms in total. The highest BCUT2D eigenvalue weighted by Crippen LogP contribution is 2.30. The summed E-state index contributed by atoms with van der Waals surface area (Å²) in [5, 5.41) is 9.97. The molecule has 0 aliphatic carbocycles. The largest absolute Gasteiger partial charge is 0.248 e. The average molecular weight is 268 g/mol. The van der Waals surface area contributed by atoms with Gasteiger partial charge in [0.15, 0.2) is 0 Å². The number of pyridine rings is 1. The first-order chi connectivity index (χ1) is 9.11. The lowest BCUT2D eigenvalue weighted by Crippen LogP contribution is -1.90. The second-order valence-corrected chi connectivity index (χ2v) is 5.81. The molecule has 96 valence electrons. The number of rotatable bonds is 3. The van der Waals surface area contributed by atoms with Crippen LogP contribution in [0, 0.1) is 18.3 Å². The second-order valence-electron chi connectivity index (χ2n) is 4.75. The van der Waals surface area contributed by atoms with E-state index in [4.69, 9.17) is 0 Å². The van der Waals surface area contributed by atoms with Gasteiger partial charge in [0.05, 0.1) is 5.56 Å². The first-order valence-electron chi connectivity index (χ1n) is 6.25. The first kappa shape index (κ1) is 13.6. The SMILES string of the molecule is Cc1ccnc(Sc2ccc(C(C)C)cc2)c1C#N. The van der Waals surface area contributed by atoms with E-state index in [0.717, 1.165) is 15.5 Å². The molecule has 1 heterocycles. The molecule has 0 unspecified atom stereocenters. The fraction of sp³-hybridized carbons (Fsp3) is 0.250. The van der Waals surface area contributed by atoms with Crippen molar-refractivity contribution in [1.29, 1.82) is 5.26 Å². The molecule has 0 radical (unpaired) electrons. The normalized spacial score (nSPS) is 10.5. The van der Waals surface area contributed by atoms with E-state index in [9.17, 15) is 5.26 Å². The van der Waals surface area contributed by atoms with Gasteiger partial charge in [-0.05, 0) is 42.2 Å². The Hall–Kier alpha value is -1.79. The lowest BCUT2D eigenvalue weighted by Gasteiger charge is -2.07. The Morgan fingerprint density at radius 1 is 1.16 bits per heavy atom. The second kappa shape index (κ2) is 5.90. The molecule has 0 aliphatic heterocycles. The maximum absolute atomic E-state index is 9.19. The molecule has 0 bridgehead atoms. The molecule has 3 heteroatoms. The van der Waals surface area contributed by atoms with Gasteiger partial charge < -0.3 is 0 Å². The summed E-state index contributed by atoms with van der Waals surface area (Å²) in [5.74, 6) is 0.533. The van der Waals surface area contributed by atoms with Gasteiger partial charge in [0.2, 0.25) is 0 Å². The number of aromatic nitrogens is 1. The Kier molecular flexibility index (Phi) is 4.24. The van der Waals surface area contributed by atoms with Gasteiger partial charge in [0.1, 0.15) is 11.1 Å². The number of hydrogen-bond donors (Lipinski definition) is 0. The maximum Gasteiger partial charge on any atom is 0.119 e. The third-order valence-electron chi connectivity index (χ3n) is 3.00. The van der Waals surface area contributed by atoms with Crippen LogP contribution < -0.4 is 0 Å². The van der Waals surface area contributed by atoms with Gasteiger partial charge in [-0.2, -0.15) is 5.26 Å². The fourth-order valence-corrected chi connectivity index (χ4v) is 2.70. The summed E-state index contributed by atoms with van der Waals surface area (Å²) < 4.78 is 0. The van der Waals surface area contributed by atoms with E-state index < -0.39 is 0 Å². The van der Waals surface area contributed by atoms with Crippen LogP contribution >= 0.6 is 11.8 Å². The summed E-state index contributed by atoms with van der Waals surface area (Å²) in [6, 6.07) is 12.5. The van der Waals surface area contributed by atoms with Crippen molar-refractivity contribution in [2.45, 2.75) is 36.6 Å². The minimum Gasteiger partial charge on any atom is -0.248 e. The number of nitriles is 1. The predicted molar refractivity (Wildman–Crippen MR) is 78.3 cm³/mol. The predicted octanol–water partition coefficient (Wildman–Crippen LogP) is 4.54. The Morgan fingerprint density at radius 3 is 2.42 bits per heavy atom. The van der Waals surface area contributed by atoms with Gasteiger partial charge in [0.25, 0.3) is 0 Å². The van der Waals surface area contributed by atoms with Gasteiger partial charge in [-0.3, -0.25) is 0 Å². The standard InChI is InChI=1S/C16H16N2S/c1-11(2)13-4-6-14(7-5-13)19-16-15(10-17)12(3)8-9-18-16/h4-9,11H,1-3H3. The number of benzene rings is 1. The van der Waals surface area contributed by atoms with Gasteiger partial charge in [-0.15, -0.1) is 0 Å². The third kappa shape index (κ3) is 3.15. The van der Waals surface area contributed by atoms with Crippen molar-refractivity contribution >= 4 is 11.8 Å². The van der Waals surface area contributed by atoms with Crippen molar-refractivity contribution in [2.24, 2.45) is 0 Å². The van der Waals surface area contributed by atoms with E-state index in [1.807, 2.05) is 13.0 Å². The van der Waals surface area contributed by atoms with Crippen LogP contribution in [0.15, 0.2) is 46.5 Å². The Morgan fingerprint density at radius 2 is 1.84 bits per heavy atom. The Balaban J connectivity index is 2.27. The molecule has 19 heavy (non-hydrogen) atoms. The van der Waals surface area contributed by atoms with Crippen molar-refractivity contribution in [3.8, 4) is 6.07 Å². The van der Waals surface area contributed by atoms with Crippen molar-refractivity contribution < 1.29 is 0 Å². The van der Waals surface area contributed by atoms with Crippen LogP contribution in [0.4, 0.5) is 0 Å². The van der Waals surface area contributed by atoms with E-state index in [0.29, 0.717) is 11.5 Å². The number of nitrogens with zero attached hydrogens (tertiary/aromatic N) is 2. The van der Waals surface area contributed by atoms with Crippen LogP contribution in [-0.4, -0.2) is 4.98 Å². The topological polar surface area (TPSA) is 36.7 Å². The van der Waals surface area contributed by atoms with Gasteiger partial charge in [0, 0.05) is 11.1 Å². The van der Waals surface area contributed by atoms with Crippen molar-refractivity contribution in [2.75, 3.05) is 0 Å². The van der Waals surface area contributed by atoms with Crippen molar-refractivity contribution in [1.82, 2.24) is 4.98 Å². The van der Waals surface area contributed by atoms with E-state index in [2.05, 4.69) is 49.2 Å². The minimum atomic E-state index is 0.533. The Labute approximate surface area is 118 Å². The van der Waals surface area contributed by atoms with Crippen LogP contribution in [0.3, 0.4) is 0 Å². The van der Waals surface area contributed by atoms with Gasteiger partial charge in [-0.1, -0.05) is 37.7 Å². The minimum absolute atomic E-state index is 0.533. The summed E-state index contributed by atoms with van der Waals surface area (Å²) in [7, 11) is 0. The zero-order chi connectivity index (χ0) is 13.8. The number of hydrogen-bond acceptors (Lipinski definition) is 3. The molecule has 0 aliphatic rings. The highest BCUT2D eigenvalue weighted by atomic mass is 32.2. The highest BCUT2D eigenvalue weighted by molar-refractivity contribution is 7.99. The highest BCUT2D eigenvalue weighted by Gasteiger charge is 2.08. The molecule has 0 atom stereocenters. The molecule has 2 aromatic rings. The first-order valence-corrected chi connectivity index (χ1v) is 7.07. The monoisotopic (exact) mass is 268 g/mol. The van der Waals surface area contributed by atoms with E-state index >= 15 is 0 Å². The lowest BCUT2D eigenvalue weighted by atomic mass is 10.0. The summed E-state index contributed by atoms with van der Waals surface area (Å²) in [4.78, 5) is 5.41. The zero-order valence-corrected chi connectivity index (χ0v) is 12.2. The molecule has 0 spiro atoms. The lowest BCUT2D eigenvalue weighted by molar-refractivity contribution is 0.865. The van der Waals surface area contributed by atoms with Crippen LogP contribution in [0.25, 0.3) is 0 Å². The molecule has 0 saturated heterocycles. The molecule has 2 rings (SSSR count). The van der Waals surface area contributed by atoms with Crippen LogP contribution in [0.2, 0.25) is 0 Å². The van der Waals surface area contributed by atoms with E-state index in [1.54, 1.807) is 6.20 Å². The van der Waals surface area contributed by atoms with Gasteiger partial charge in [-0.25, -0.2) is 4.98 Å². The van der Waals surface area contributed by atoms with E-state index in [1.165, 1.54) is 17.3 Å². The maximum atomic E-state index is 9.19. The van der Waals surface area contributed by atoms with Crippen molar-refractivity contribution in [3.05, 3.63) is 53.2 Å². The molecular weight excluding hydrogens is 252 g/mol. The molecular formula is C16H16N2S. The summed E-state index contributed by atoms with van der Waals surface area (Å²) in [6.07, 6.45) is 1.75. The van der Waals surface area contributed by atoms with Gasteiger partial charge >= 0.3 is 0 Å². The van der Waals surface area contributed by atoms with Crippen LogP contribution in [0.1, 0.15) is 36.5 Å². The van der Waals surface area contributed by atoms with Crippen molar-refractivity contribution in [3.63, 3.8) is 0 Å². The number of aryl methyl sites for hydroxylation is 1. The molecule has 0 saturated carbocycles. The summed E-state index contributed by atoms with van der Waals surface area (Å²) in [5.41, 5.74) is 2.96. The van der Waals surface area contributed by atoms with Crippen LogP contribution in [-0.2, 0) is 0 Å². The molecule has 1 aromatic heterocycles. The fourth-order valence-electron chi connectivity index (χ4n) is 1.78. The summed E-state index contributed by atoms with van der Waals surface area (Å²) in [6.45, 7) is 6.29. The molecule has 1 aromatic carbocycles. The smallest absolute Gasteiger partial charge is 0.119 e. The Bertz CT molecular complexity index is 610. The quantitative estimate of drug-likeness (QED) is 0.820. The molecule has 0 N–H and O–H groups in total. The molecule has 0 amide bonds.